The number of nitrogens with zero attached hydrogens (tertiary/aromatic N) is 3. The van der Waals surface area contributed by atoms with Crippen molar-refractivity contribution in [2.24, 2.45) is 5.92 Å². The average molecular weight is 436 g/mol. The summed E-state index contributed by atoms with van der Waals surface area (Å²) >= 11 is 0. The highest BCUT2D eigenvalue weighted by Gasteiger charge is 2.36. The molecule has 166 valence electrons. The van der Waals surface area contributed by atoms with Gasteiger partial charge in [0.25, 0.3) is 11.5 Å². The molecule has 1 N–H and O–H groups in total. The highest BCUT2D eigenvalue weighted by atomic mass is 16.7. The summed E-state index contributed by atoms with van der Waals surface area (Å²) in [6.45, 7) is 2.21. The first-order valence-electron chi connectivity index (χ1n) is 11.2. The topological polar surface area (TPSA) is 105 Å². The summed E-state index contributed by atoms with van der Waals surface area (Å²) in [6, 6.07) is 5.20. The molecule has 0 unspecified atom stereocenters. The lowest BCUT2D eigenvalue weighted by atomic mass is 10.0. The van der Waals surface area contributed by atoms with Crippen LogP contribution in [0.2, 0.25) is 0 Å². The number of likely N-dealkylation sites (tertiary alicyclic amines) is 1. The van der Waals surface area contributed by atoms with Crippen LogP contribution >= 0.6 is 0 Å². The fourth-order valence-corrected chi connectivity index (χ4v) is 4.81. The van der Waals surface area contributed by atoms with E-state index in [1.807, 2.05) is 4.90 Å². The molecule has 1 aromatic heterocycles. The zero-order valence-corrected chi connectivity index (χ0v) is 17.6. The molecule has 2 aromatic rings. The normalized spacial score (nSPS) is 21.6. The average Bonchev–Trinajstić information content (AvgIpc) is 3.34. The zero-order valence-electron chi connectivity index (χ0n) is 17.6. The number of carbonyl (C=O) groups excluding carboxylic acids is 2. The third-order valence-electron chi connectivity index (χ3n) is 6.81. The molecule has 1 aliphatic carbocycles. The van der Waals surface area contributed by atoms with Crippen LogP contribution in [0.25, 0.3) is 0 Å². The number of benzene rings is 1. The van der Waals surface area contributed by atoms with Crippen molar-refractivity contribution in [1.82, 2.24) is 19.8 Å². The maximum atomic E-state index is 13.0. The van der Waals surface area contributed by atoms with Gasteiger partial charge in [-0.25, -0.2) is 4.98 Å². The van der Waals surface area contributed by atoms with Crippen molar-refractivity contribution < 1.29 is 19.1 Å². The Morgan fingerprint density at radius 3 is 2.75 bits per heavy atom. The molecule has 0 bridgehead atoms. The maximum Gasteiger partial charge on any atom is 0.254 e. The number of hydrogen-bond donors (Lipinski definition) is 1. The number of rotatable bonds is 3. The van der Waals surface area contributed by atoms with Crippen molar-refractivity contribution in [3.8, 4) is 11.5 Å². The molecule has 3 aliphatic heterocycles. The van der Waals surface area contributed by atoms with Gasteiger partial charge in [-0.05, 0) is 43.9 Å². The minimum atomic E-state index is -0.121. The second kappa shape index (κ2) is 7.36. The van der Waals surface area contributed by atoms with Gasteiger partial charge in [0.1, 0.15) is 5.82 Å². The van der Waals surface area contributed by atoms with Gasteiger partial charge < -0.3 is 24.3 Å². The molecule has 4 heterocycles. The fourth-order valence-electron chi connectivity index (χ4n) is 4.81. The van der Waals surface area contributed by atoms with E-state index in [9.17, 15) is 14.4 Å². The summed E-state index contributed by atoms with van der Waals surface area (Å²) in [6.07, 6.45) is 3.19. The first kappa shape index (κ1) is 19.3. The molecular formula is C23H24N4O5. The van der Waals surface area contributed by atoms with E-state index in [2.05, 4.69) is 4.98 Å². The summed E-state index contributed by atoms with van der Waals surface area (Å²) in [5.41, 5.74) is 1.81. The van der Waals surface area contributed by atoms with Crippen molar-refractivity contribution in [2.75, 3.05) is 26.4 Å². The predicted octanol–water partition coefficient (Wildman–Crippen LogP) is 1.42. The van der Waals surface area contributed by atoms with Crippen LogP contribution in [0.3, 0.4) is 0 Å². The van der Waals surface area contributed by atoms with Crippen LogP contribution in [0.15, 0.2) is 23.0 Å². The van der Waals surface area contributed by atoms with Gasteiger partial charge in [-0.15, -0.1) is 0 Å². The Hall–Kier alpha value is -3.36. The van der Waals surface area contributed by atoms with Crippen molar-refractivity contribution >= 4 is 11.8 Å². The summed E-state index contributed by atoms with van der Waals surface area (Å²) in [4.78, 5) is 49.5. The molecule has 9 heteroatoms. The smallest absolute Gasteiger partial charge is 0.254 e. The Balaban J connectivity index is 1.19. The first-order valence-corrected chi connectivity index (χ1v) is 11.2. The van der Waals surface area contributed by atoms with E-state index in [0.717, 1.165) is 19.3 Å². The van der Waals surface area contributed by atoms with Crippen LogP contribution in [0.1, 0.15) is 52.6 Å². The highest BCUT2D eigenvalue weighted by Crippen LogP contribution is 2.34. The summed E-state index contributed by atoms with van der Waals surface area (Å²) in [7, 11) is 0. The quantitative estimate of drug-likeness (QED) is 0.780. The van der Waals surface area contributed by atoms with Gasteiger partial charge in [0.2, 0.25) is 12.7 Å². The number of hydrogen-bond acceptors (Lipinski definition) is 6. The molecule has 9 nitrogen and oxygen atoms in total. The van der Waals surface area contributed by atoms with Gasteiger partial charge >= 0.3 is 0 Å². The second-order valence-electron chi connectivity index (χ2n) is 8.97. The van der Waals surface area contributed by atoms with Crippen LogP contribution < -0.4 is 15.0 Å². The minimum Gasteiger partial charge on any atom is -0.454 e. The first-order chi connectivity index (χ1) is 15.6. The van der Waals surface area contributed by atoms with Gasteiger partial charge in [0, 0.05) is 42.6 Å². The van der Waals surface area contributed by atoms with Crippen LogP contribution in [0.5, 0.6) is 11.5 Å². The number of carbonyl (C=O) groups is 2. The van der Waals surface area contributed by atoms with Crippen molar-refractivity contribution in [3.63, 3.8) is 0 Å². The molecular weight excluding hydrogens is 412 g/mol. The van der Waals surface area contributed by atoms with Crippen molar-refractivity contribution in [3.05, 3.63) is 51.2 Å². The van der Waals surface area contributed by atoms with E-state index < -0.39 is 0 Å². The van der Waals surface area contributed by atoms with Gasteiger partial charge in [-0.2, -0.15) is 0 Å². The van der Waals surface area contributed by atoms with E-state index >= 15 is 0 Å². The molecule has 2 amide bonds. The Kier molecular flexibility index (Phi) is 4.44. The lowest BCUT2D eigenvalue weighted by Crippen LogP contribution is -2.40. The lowest BCUT2D eigenvalue weighted by molar-refractivity contribution is -0.133. The van der Waals surface area contributed by atoms with Crippen LogP contribution in [0, 0.1) is 5.92 Å². The van der Waals surface area contributed by atoms with Gasteiger partial charge in [0.15, 0.2) is 11.5 Å². The number of aromatic amines is 1. The number of amides is 2. The summed E-state index contributed by atoms with van der Waals surface area (Å²) < 4.78 is 10.7. The van der Waals surface area contributed by atoms with Crippen LogP contribution in [-0.2, 0) is 17.8 Å². The molecule has 1 saturated heterocycles. The molecule has 4 aliphatic rings. The lowest BCUT2D eigenvalue weighted by Gasteiger charge is -2.28. The van der Waals surface area contributed by atoms with Gasteiger partial charge in [0.05, 0.1) is 12.2 Å². The van der Waals surface area contributed by atoms with Crippen molar-refractivity contribution in [2.45, 2.75) is 38.1 Å². The molecule has 1 saturated carbocycles. The molecule has 6 rings (SSSR count). The van der Waals surface area contributed by atoms with E-state index in [-0.39, 0.29) is 36.0 Å². The zero-order chi connectivity index (χ0) is 21.8. The van der Waals surface area contributed by atoms with Crippen LogP contribution in [0.4, 0.5) is 0 Å². The molecule has 32 heavy (non-hydrogen) atoms. The van der Waals surface area contributed by atoms with Crippen LogP contribution in [-0.4, -0.2) is 58.0 Å². The molecule has 1 aromatic carbocycles. The highest BCUT2D eigenvalue weighted by molar-refractivity contribution is 5.95. The van der Waals surface area contributed by atoms with E-state index in [4.69, 9.17) is 14.5 Å². The second-order valence-corrected chi connectivity index (χ2v) is 8.97. The Bertz CT molecular complexity index is 1170. The third kappa shape index (κ3) is 3.32. The third-order valence-corrected chi connectivity index (χ3v) is 6.81. The minimum absolute atomic E-state index is 0.0412. The summed E-state index contributed by atoms with van der Waals surface area (Å²) in [5.74, 6) is 2.05. The van der Waals surface area contributed by atoms with Crippen molar-refractivity contribution in [1.29, 1.82) is 0 Å². The predicted molar refractivity (Wildman–Crippen MR) is 113 cm³/mol. The summed E-state index contributed by atoms with van der Waals surface area (Å²) in [5, 5.41) is 0. The Labute approximate surface area is 184 Å². The molecule has 0 radical (unpaired) electrons. The number of H-pyrrole nitrogens is 1. The molecule has 1 atom stereocenters. The molecule has 0 spiro atoms. The SMILES string of the molecule is O=C(c1ccc2c(c1)OCO2)N1CC[C@@H](c2nc3c(c(=O)[nH]2)CCN(C(=O)C2CC2)C3)C1. The van der Waals surface area contributed by atoms with Gasteiger partial charge in [-0.3, -0.25) is 14.4 Å². The number of ether oxygens (including phenoxy) is 2. The number of aromatic nitrogens is 2. The number of nitrogens with one attached hydrogen (secondary N) is 1. The Morgan fingerprint density at radius 2 is 1.91 bits per heavy atom. The standard InChI is InChI=1S/C23H24N4O5/c28-21-16-6-8-27(22(29)13-1-2-13)11-17(16)24-20(25-21)15-5-7-26(10-15)23(30)14-3-4-18-19(9-14)32-12-31-18/h3-4,9,13,15H,1-2,5-8,10-12H2,(H,24,25,28)/t15-/m1/s1. The van der Waals surface area contributed by atoms with Gasteiger partial charge in [-0.1, -0.05) is 0 Å². The monoisotopic (exact) mass is 436 g/mol. The Morgan fingerprint density at radius 1 is 1.06 bits per heavy atom. The van der Waals surface area contributed by atoms with E-state index in [1.54, 1.807) is 23.1 Å². The maximum absolute atomic E-state index is 13.0. The van der Waals surface area contributed by atoms with E-state index in [0.29, 0.717) is 66.7 Å². The molecule has 2 fully saturated rings. The largest absolute Gasteiger partial charge is 0.454 e. The van der Waals surface area contributed by atoms with E-state index in [1.165, 1.54) is 0 Å². The fraction of sp³-hybridized carbons (Fsp3) is 0.478. The number of fused-ring (bicyclic) bond motifs is 2.